The molecule has 0 amide bonds. The van der Waals surface area contributed by atoms with Crippen LogP contribution in [0.15, 0.2) is 39.4 Å². The number of hydrogen-bond donors (Lipinski definition) is 1. The molecule has 2 aromatic heterocycles. The van der Waals surface area contributed by atoms with Crippen LogP contribution in [0.1, 0.15) is 11.8 Å². The standard InChI is InChI=1S/C16H21BrN6S/c1-2-18-15(21-11-14-10-13(17)12-24-14)22-6-8-23(9-7-22)16-19-4-3-5-20-16/h3-5,10,12H,2,6-9,11H2,1H3,(H,18,21). The molecular weight excluding hydrogens is 388 g/mol. The number of guanidine groups is 1. The van der Waals surface area contributed by atoms with Crippen molar-refractivity contribution in [2.24, 2.45) is 4.99 Å². The molecule has 0 aliphatic carbocycles. The first-order valence-electron chi connectivity index (χ1n) is 8.04. The average molecular weight is 409 g/mol. The fourth-order valence-corrected chi connectivity index (χ4v) is 3.96. The molecule has 3 rings (SSSR count). The number of anilines is 1. The van der Waals surface area contributed by atoms with Crippen LogP contribution in [0.5, 0.6) is 0 Å². The van der Waals surface area contributed by atoms with Crippen molar-refractivity contribution in [3.63, 3.8) is 0 Å². The van der Waals surface area contributed by atoms with Gasteiger partial charge >= 0.3 is 0 Å². The van der Waals surface area contributed by atoms with Crippen LogP contribution in [0.3, 0.4) is 0 Å². The van der Waals surface area contributed by atoms with Crippen molar-refractivity contribution in [2.45, 2.75) is 13.5 Å². The van der Waals surface area contributed by atoms with E-state index in [9.17, 15) is 0 Å². The van der Waals surface area contributed by atoms with Crippen LogP contribution in [0.2, 0.25) is 0 Å². The molecule has 1 aliphatic rings. The molecule has 2 aromatic rings. The Labute approximate surface area is 154 Å². The Hall–Kier alpha value is -1.67. The first kappa shape index (κ1) is 17.2. The van der Waals surface area contributed by atoms with Gasteiger partial charge in [0.1, 0.15) is 0 Å². The van der Waals surface area contributed by atoms with Gasteiger partial charge in [-0.05, 0) is 35.0 Å². The third-order valence-corrected chi connectivity index (χ3v) is 5.44. The summed E-state index contributed by atoms with van der Waals surface area (Å²) in [5.41, 5.74) is 0. The van der Waals surface area contributed by atoms with Gasteiger partial charge in [0.25, 0.3) is 0 Å². The van der Waals surface area contributed by atoms with E-state index in [-0.39, 0.29) is 0 Å². The number of thiophene rings is 1. The van der Waals surface area contributed by atoms with Crippen LogP contribution in [0.25, 0.3) is 0 Å². The summed E-state index contributed by atoms with van der Waals surface area (Å²) in [6, 6.07) is 3.97. The Morgan fingerprint density at radius 2 is 2.04 bits per heavy atom. The quantitative estimate of drug-likeness (QED) is 0.622. The summed E-state index contributed by atoms with van der Waals surface area (Å²) in [7, 11) is 0. The molecule has 0 unspecified atom stereocenters. The molecule has 0 spiro atoms. The maximum absolute atomic E-state index is 4.79. The minimum atomic E-state index is 0.709. The Morgan fingerprint density at radius 1 is 1.29 bits per heavy atom. The first-order valence-corrected chi connectivity index (χ1v) is 9.71. The van der Waals surface area contributed by atoms with Gasteiger partial charge in [0.05, 0.1) is 6.54 Å². The molecule has 1 aliphatic heterocycles. The summed E-state index contributed by atoms with van der Waals surface area (Å²) in [5.74, 6) is 1.79. The molecular formula is C16H21BrN6S. The van der Waals surface area contributed by atoms with E-state index >= 15 is 0 Å². The second-order valence-electron chi connectivity index (χ2n) is 5.42. The molecule has 0 atom stereocenters. The fourth-order valence-electron chi connectivity index (χ4n) is 2.59. The average Bonchev–Trinajstić information content (AvgIpc) is 3.05. The molecule has 1 N–H and O–H groups in total. The topological polar surface area (TPSA) is 56.7 Å². The molecule has 1 saturated heterocycles. The minimum Gasteiger partial charge on any atom is -0.357 e. The summed E-state index contributed by atoms with van der Waals surface area (Å²) in [6.45, 7) is 7.31. The predicted octanol–water partition coefficient (Wildman–Crippen LogP) is 2.59. The largest absolute Gasteiger partial charge is 0.357 e. The minimum absolute atomic E-state index is 0.709. The lowest BCUT2D eigenvalue weighted by Crippen LogP contribution is -2.52. The summed E-state index contributed by atoms with van der Waals surface area (Å²) in [5, 5.41) is 5.50. The van der Waals surface area contributed by atoms with Gasteiger partial charge in [-0.1, -0.05) is 0 Å². The van der Waals surface area contributed by atoms with Crippen LogP contribution in [0, 0.1) is 0 Å². The molecule has 0 radical (unpaired) electrons. The van der Waals surface area contributed by atoms with Gasteiger partial charge in [-0.2, -0.15) is 0 Å². The second-order valence-corrected chi connectivity index (χ2v) is 7.34. The van der Waals surface area contributed by atoms with Gasteiger partial charge in [0, 0.05) is 59.8 Å². The Morgan fingerprint density at radius 3 is 2.67 bits per heavy atom. The molecule has 24 heavy (non-hydrogen) atoms. The van der Waals surface area contributed by atoms with Gasteiger partial charge < -0.3 is 15.1 Å². The van der Waals surface area contributed by atoms with Gasteiger partial charge in [-0.25, -0.2) is 15.0 Å². The number of nitrogens with zero attached hydrogens (tertiary/aromatic N) is 5. The number of hydrogen-bond acceptors (Lipinski definition) is 5. The van der Waals surface area contributed by atoms with E-state index in [1.807, 2.05) is 6.07 Å². The summed E-state index contributed by atoms with van der Waals surface area (Å²) < 4.78 is 1.12. The highest BCUT2D eigenvalue weighted by Crippen LogP contribution is 2.20. The number of aromatic nitrogens is 2. The number of rotatable bonds is 4. The van der Waals surface area contributed by atoms with Gasteiger partial charge in [-0.15, -0.1) is 11.3 Å². The van der Waals surface area contributed by atoms with Crippen molar-refractivity contribution in [1.29, 1.82) is 0 Å². The van der Waals surface area contributed by atoms with Crippen LogP contribution < -0.4 is 10.2 Å². The number of halogens is 1. The lowest BCUT2D eigenvalue weighted by molar-refractivity contribution is 0.370. The predicted molar refractivity (Wildman–Crippen MR) is 103 cm³/mol. The number of piperazine rings is 1. The molecule has 8 heteroatoms. The Balaban J connectivity index is 1.61. The van der Waals surface area contributed by atoms with Crippen molar-refractivity contribution in [3.05, 3.63) is 39.3 Å². The van der Waals surface area contributed by atoms with Gasteiger partial charge in [-0.3, -0.25) is 0 Å². The van der Waals surface area contributed by atoms with Crippen molar-refractivity contribution >= 4 is 39.2 Å². The third-order valence-electron chi connectivity index (χ3n) is 3.76. The molecule has 0 saturated carbocycles. The lowest BCUT2D eigenvalue weighted by Gasteiger charge is -2.36. The SMILES string of the molecule is CCNC(=NCc1cc(Br)cs1)N1CCN(c2ncccn2)CC1. The van der Waals surface area contributed by atoms with E-state index in [1.165, 1.54) is 4.88 Å². The van der Waals surface area contributed by atoms with E-state index in [2.05, 4.69) is 59.4 Å². The van der Waals surface area contributed by atoms with Crippen molar-refractivity contribution in [2.75, 3.05) is 37.6 Å². The van der Waals surface area contributed by atoms with E-state index in [1.54, 1.807) is 23.7 Å². The van der Waals surface area contributed by atoms with E-state index in [0.29, 0.717) is 6.54 Å². The van der Waals surface area contributed by atoms with E-state index in [0.717, 1.165) is 49.1 Å². The normalized spacial score (nSPS) is 15.7. The highest BCUT2D eigenvalue weighted by atomic mass is 79.9. The summed E-state index contributed by atoms with van der Waals surface area (Å²) in [4.78, 5) is 19.2. The van der Waals surface area contributed by atoms with Crippen molar-refractivity contribution < 1.29 is 0 Å². The van der Waals surface area contributed by atoms with Crippen LogP contribution in [-0.2, 0) is 6.54 Å². The molecule has 128 valence electrons. The van der Waals surface area contributed by atoms with E-state index in [4.69, 9.17) is 4.99 Å². The maximum Gasteiger partial charge on any atom is 0.225 e. The molecule has 1 fully saturated rings. The second kappa shape index (κ2) is 8.43. The molecule has 0 aromatic carbocycles. The number of aliphatic imine (C=N–C) groups is 1. The zero-order valence-electron chi connectivity index (χ0n) is 13.7. The third kappa shape index (κ3) is 4.45. The molecule has 0 bridgehead atoms. The van der Waals surface area contributed by atoms with Gasteiger partial charge in [0.2, 0.25) is 5.95 Å². The monoisotopic (exact) mass is 408 g/mol. The van der Waals surface area contributed by atoms with Gasteiger partial charge in [0.15, 0.2) is 5.96 Å². The maximum atomic E-state index is 4.79. The van der Waals surface area contributed by atoms with Crippen molar-refractivity contribution in [1.82, 2.24) is 20.2 Å². The lowest BCUT2D eigenvalue weighted by atomic mass is 10.3. The van der Waals surface area contributed by atoms with Crippen LogP contribution in [-0.4, -0.2) is 53.6 Å². The summed E-state index contributed by atoms with van der Waals surface area (Å²) in [6.07, 6.45) is 3.58. The fraction of sp³-hybridized carbons (Fsp3) is 0.438. The zero-order chi connectivity index (χ0) is 16.8. The van der Waals surface area contributed by atoms with E-state index < -0.39 is 0 Å². The molecule has 3 heterocycles. The smallest absolute Gasteiger partial charge is 0.225 e. The number of nitrogens with one attached hydrogen (secondary N) is 1. The highest BCUT2D eigenvalue weighted by Gasteiger charge is 2.21. The molecule has 6 nitrogen and oxygen atoms in total. The Kier molecular flexibility index (Phi) is 6.03. The van der Waals surface area contributed by atoms with Crippen molar-refractivity contribution in [3.8, 4) is 0 Å². The first-order chi connectivity index (χ1) is 11.8. The van der Waals surface area contributed by atoms with Crippen LogP contribution >= 0.6 is 27.3 Å². The summed E-state index contributed by atoms with van der Waals surface area (Å²) >= 11 is 5.22. The van der Waals surface area contributed by atoms with Crippen LogP contribution in [0.4, 0.5) is 5.95 Å². The highest BCUT2D eigenvalue weighted by molar-refractivity contribution is 9.10. The Bertz CT molecular complexity index is 666. The zero-order valence-corrected chi connectivity index (χ0v) is 16.1.